The summed E-state index contributed by atoms with van der Waals surface area (Å²) in [5.74, 6) is -0.550. The quantitative estimate of drug-likeness (QED) is 0.315. The average Bonchev–Trinajstić information content (AvgIpc) is 2.96. The lowest BCUT2D eigenvalue weighted by molar-refractivity contribution is -0.393. The summed E-state index contributed by atoms with van der Waals surface area (Å²) in [6.07, 6.45) is 2.12. The maximum Gasteiger partial charge on any atom is 0.301 e. The second kappa shape index (κ2) is 7.81. The van der Waals surface area contributed by atoms with Gasteiger partial charge in [0.15, 0.2) is 0 Å². The lowest BCUT2D eigenvalue weighted by Gasteiger charge is -2.13. The molecule has 1 aromatic rings. The van der Waals surface area contributed by atoms with Crippen LogP contribution in [0.5, 0.6) is 0 Å². The summed E-state index contributed by atoms with van der Waals surface area (Å²) in [5.41, 5.74) is 1.30. The van der Waals surface area contributed by atoms with Crippen LogP contribution in [0.2, 0.25) is 0 Å². The molecule has 1 heterocycles. The van der Waals surface area contributed by atoms with Gasteiger partial charge in [0.1, 0.15) is 12.0 Å². The van der Waals surface area contributed by atoms with Gasteiger partial charge in [-0.2, -0.15) is 5.10 Å². The molecule has 1 aliphatic heterocycles. The molecule has 0 unspecified atom stereocenters. The Kier molecular flexibility index (Phi) is 5.55. The first-order chi connectivity index (χ1) is 11.9. The predicted octanol–water partition coefficient (Wildman–Crippen LogP) is 0.597. The zero-order chi connectivity index (χ0) is 18.4. The number of amides is 2. The molecule has 1 aliphatic rings. The molecule has 132 valence electrons. The van der Waals surface area contributed by atoms with Crippen LogP contribution < -0.4 is 10.7 Å². The fourth-order valence-electron chi connectivity index (χ4n) is 2.18. The highest BCUT2D eigenvalue weighted by Gasteiger charge is 2.22. The highest BCUT2D eigenvalue weighted by atomic mass is 16.6. The molecular weight excluding hydrogens is 336 g/mol. The van der Waals surface area contributed by atoms with E-state index < -0.39 is 27.1 Å². The third-order valence-electron chi connectivity index (χ3n) is 3.37. The fraction of sp³-hybridized carbons (Fsp3) is 0.308. The minimum atomic E-state index is -0.789. The standard InChI is InChI=1S/C13H14N6O6/c20-12(7-17-5-1-2-13(17)21)14-8-15-16-10-4-3-9(18(22)23)6-11(10)19(24)25/h3-4,6,8,16H,1-2,5,7H2,(H,14,15,20). The monoisotopic (exact) mass is 350 g/mol. The Morgan fingerprint density at radius 3 is 2.68 bits per heavy atom. The van der Waals surface area contributed by atoms with Crippen molar-refractivity contribution in [2.45, 2.75) is 12.8 Å². The van der Waals surface area contributed by atoms with E-state index in [9.17, 15) is 29.8 Å². The molecule has 2 amide bonds. The van der Waals surface area contributed by atoms with Crippen LogP contribution in [0.3, 0.4) is 0 Å². The molecule has 0 radical (unpaired) electrons. The SMILES string of the molecule is O=C(CN1CCCC1=O)NC=NNc1ccc([N+](=O)[O-])cc1[N+](=O)[O-]. The molecular formula is C13H14N6O6. The topological polar surface area (TPSA) is 160 Å². The number of nitrogens with zero attached hydrogens (tertiary/aromatic N) is 4. The first-order valence-electron chi connectivity index (χ1n) is 7.16. The van der Waals surface area contributed by atoms with Crippen LogP contribution in [0, 0.1) is 20.2 Å². The number of hydrogen-bond acceptors (Lipinski definition) is 8. The fourth-order valence-corrected chi connectivity index (χ4v) is 2.18. The van der Waals surface area contributed by atoms with Gasteiger partial charge in [-0.25, -0.2) is 0 Å². The average molecular weight is 350 g/mol. The number of non-ortho nitro benzene ring substituents is 1. The first-order valence-corrected chi connectivity index (χ1v) is 7.16. The van der Waals surface area contributed by atoms with Crippen LogP contribution in [0.4, 0.5) is 17.1 Å². The second-order valence-electron chi connectivity index (χ2n) is 5.07. The lowest BCUT2D eigenvalue weighted by atomic mass is 10.2. The molecule has 0 atom stereocenters. The number of carbonyl (C=O) groups excluding carboxylic acids is 2. The number of hydrazone groups is 1. The Bertz CT molecular complexity index is 749. The Morgan fingerprint density at radius 2 is 2.08 bits per heavy atom. The number of nitrogens with one attached hydrogen (secondary N) is 2. The van der Waals surface area contributed by atoms with Gasteiger partial charge in [0.2, 0.25) is 11.8 Å². The summed E-state index contributed by atoms with van der Waals surface area (Å²) >= 11 is 0. The van der Waals surface area contributed by atoms with E-state index in [4.69, 9.17) is 0 Å². The van der Waals surface area contributed by atoms with Gasteiger partial charge in [-0.3, -0.25) is 35.2 Å². The van der Waals surface area contributed by atoms with Crippen LogP contribution >= 0.6 is 0 Å². The van der Waals surface area contributed by atoms with Crippen molar-refractivity contribution in [2.75, 3.05) is 18.5 Å². The number of rotatable bonds is 7. The molecule has 2 rings (SSSR count). The molecule has 0 aromatic heterocycles. The first kappa shape index (κ1) is 17.8. The van der Waals surface area contributed by atoms with Crippen molar-refractivity contribution in [3.8, 4) is 0 Å². The lowest BCUT2D eigenvalue weighted by Crippen LogP contribution is -2.37. The summed E-state index contributed by atoms with van der Waals surface area (Å²) < 4.78 is 0. The molecule has 1 fully saturated rings. The molecule has 12 nitrogen and oxygen atoms in total. The van der Waals surface area contributed by atoms with E-state index in [0.29, 0.717) is 19.4 Å². The summed E-state index contributed by atoms with van der Waals surface area (Å²) in [6, 6.07) is 3.02. The van der Waals surface area contributed by atoms with Crippen LogP contribution in [0.25, 0.3) is 0 Å². The third kappa shape index (κ3) is 4.70. The van der Waals surface area contributed by atoms with E-state index in [1.165, 1.54) is 4.90 Å². The Morgan fingerprint density at radius 1 is 1.32 bits per heavy atom. The van der Waals surface area contributed by atoms with Crippen LogP contribution in [0.15, 0.2) is 23.3 Å². The number of nitro benzene ring substituents is 2. The molecule has 25 heavy (non-hydrogen) atoms. The van der Waals surface area contributed by atoms with Gasteiger partial charge in [0.25, 0.3) is 5.69 Å². The van der Waals surface area contributed by atoms with E-state index in [2.05, 4.69) is 15.8 Å². The van der Waals surface area contributed by atoms with Crippen molar-refractivity contribution >= 4 is 35.2 Å². The van der Waals surface area contributed by atoms with Gasteiger partial charge in [0.05, 0.1) is 22.5 Å². The highest BCUT2D eigenvalue weighted by Crippen LogP contribution is 2.28. The van der Waals surface area contributed by atoms with Crippen molar-refractivity contribution in [3.63, 3.8) is 0 Å². The predicted molar refractivity (Wildman–Crippen MR) is 85.8 cm³/mol. The summed E-state index contributed by atoms with van der Waals surface area (Å²) in [6.45, 7) is 0.430. The van der Waals surface area contributed by atoms with Crippen molar-refractivity contribution in [1.29, 1.82) is 0 Å². The largest absolute Gasteiger partial charge is 0.333 e. The van der Waals surface area contributed by atoms with Crippen LogP contribution in [-0.2, 0) is 9.59 Å². The van der Waals surface area contributed by atoms with Gasteiger partial charge in [-0.1, -0.05) is 0 Å². The molecule has 0 saturated carbocycles. The smallest absolute Gasteiger partial charge is 0.301 e. The van der Waals surface area contributed by atoms with Crippen molar-refractivity contribution in [1.82, 2.24) is 10.2 Å². The van der Waals surface area contributed by atoms with Crippen LogP contribution in [-0.4, -0.2) is 46.0 Å². The van der Waals surface area contributed by atoms with E-state index in [0.717, 1.165) is 24.5 Å². The summed E-state index contributed by atoms with van der Waals surface area (Å²) in [7, 11) is 0. The second-order valence-corrected chi connectivity index (χ2v) is 5.07. The highest BCUT2D eigenvalue weighted by molar-refractivity contribution is 5.92. The number of hydrogen-bond donors (Lipinski definition) is 2. The van der Waals surface area contributed by atoms with E-state index >= 15 is 0 Å². The third-order valence-corrected chi connectivity index (χ3v) is 3.37. The number of likely N-dealkylation sites (tertiary alicyclic amines) is 1. The molecule has 0 bridgehead atoms. The zero-order valence-corrected chi connectivity index (χ0v) is 12.9. The molecule has 1 aromatic carbocycles. The van der Waals surface area contributed by atoms with Crippen molar-refractivity contribution < 1.29 is 19.4 Å². The summed E-state index contributed by atoms with van der Waals surface area (Å²) in [4.78, 5) is 44.5. The number of anilines is 1. The minimum absolute atomic E-state index is 0.0733. The zero-order valence-electron chi connectivity index (χ0n) is 12.9. The van der Waals surface area contributed by atoms with Crippen LogP contribution in [0.1, 0.15) is 12.8 Å². The molecule has 2 N–H and O–H groups in total. The number of nitro groups is 2. The van der Waals surface area contributed by atoms with Gasteiger partial charge in [0, 0.05) is 19.0 Å². The van der Waals surface area contributed by atoms with Gasteiger partial charge in [-0.05, 0) is 12.5 Å². The molecule has 0 aliphatic carbocycles. The Labute approximate surface area is 140 Å². The maximum absolute atomic E-state index is 11.6. The Hall–Kier alpha value is -3.57. The maximum atomic E-state index is 11.6. The van der Waals surface area contributed by atoms with E-state index in [1.807, 2.05) is 0 Å². The normalized spacial score (nSPS) is 13.9. The van der Waals surface area contributed by atoms with E-state index in [1.54, 1.807) is 0 Å². The van der Waals surface area contributed by atoms with Crippen molar-refractivity contribution in [3.05, 3.63) is 38.4 Å². The van der Waals surface area contributed by atoms with E-state index in [-0.39, 0.29) is 18.1 Å². The molecule has 0 spiro atoms. The summed E-state index contributed by atoms with van der Waals surface area (Å²) in [5, 5.41) is 27.5. The minimum Gasteiger partial charge on any atom is -0.333 e. The molecule has 1 saturated heterocycles. The van der Waals surface area contributed by atoms with Crippen molar-refractivity contribution in [2.24, 2.45) is 5.10 Å². The van der Waals surface area contributed by atoms with Gasteiger partial charge >= 0.3 is 5.69 Å². The van der Waals surface area contributed by atoms with Gasteiger partial charge in [-0.15, -0.1) is 0 Å². The number of carbonyl (C=O) groups is 2. The molecule has 12 heteroatoms. The Balaban J connectivity index is 1.92. The van der Waals surface area contributed by atoms with Gasteiger partial charge < -0.3 is 10.2 Å². The number of benzene rings is 1.